The molecule has 0 saturated carbocycles. The minimum atomic E-state index is -1.38. The van der Waals surface area contributed by atoms with Crippen LogP contribution in [-0.4, -0.2) is 76.4 Å². The Balaban J connectivity index is 0.00000132. The van der Waals surface area contributed by atoms with Crippen LogP contribution in [0.5, 0.6) is 0 Å². The van der Waals surface area contributed by atoms with Crippen molar-refractivity contribution in [2.75, 3.05) is 40.0 Å². The fraction of sp³-hybridized carbons (Fsp3) is 0.538. The molecule has 0 atom stereocenters. The number of hydrogen-bond donors (Lipinski definition) is 2. The Labute approximate surface area is 131 Å². The van der Waals surface area contributed by atoms with E-state index < -0.39 is 7.12 Å². The maximum Gasteiger partial charge on any atom is 0.488 e. The Hall–Kier alpha value is -0.665. The van der Waals surface area contributed by atoms with Crippen molar-refractivity contribution < 1.29 is 26.9 Å². The number of nitrogens with zero attached hydrogens (tertiary/aromatic N) is 4. The molecule has 1 aromatic rings. The van der Waals surface area contributed by atoms with E-state index in [1.165, 1.54) is 5.56 Å². The Morgan fingerprint density at radius 2 is 1.57 bits per heavy atom. The molecule has 0 amide bonds. The van der Waals surface area contributed by atoms with Gasteiger partial charge in [-0.25, -0.2) is 14.7 Å². The Morgan fingerprint density at radius 3 is 2.10 bits per heavy atom. The number of quaternary nitrogens is 1. The van der Waals surface area contributed by atoms with Crippen LogP contribution in [-0.2, 0) is 6.54 Å². The lowest BCUT2D eigenvalue weighted by molar-refractivity contribution is -0.991. The highest BCUT2D eigenvalue weighted by Gasteiger charge is 2.48. The average molecular weight is 311 g/mol. The molecule has 4 heterocycles. The monoisotopic (exact) mass is 310 g/mol. The van der Waals surface area contributed by atoms with Crippen molar-refractivity contribution in [3.8, 4) is 0 Å². The standard InChI is InChI=1S/C13H20BN4O2.ClH/c19-14(20)13-3-1-2-12(4-13)5-18-9-15-6-16(10-18)8-17(7-15)11-18;/h1-4,19-20H,5-11H2;1H/q+1;/p-1. The molecule has 4 fully saturated rings. The van der Waals surface area contributed by atoms with Gasteiger partial charge < -0.3 is 22.5 Å². The molecule has 4 saturated heterocycles. The predicted molar refractivity (Wildman–Crippen MR) is 75.0 cm³/mol. The van der Waals surface area contributed by atoms with Crippen LogP contribution in [0.1, 0.15) is 5.56 Å². The molecule has 6 nitrogen and oxygen atoms in total. The minimum Gasteiger partial charge on any atom is -1.00 e. The fourth-order valence-corrected chi connectivity index (χ4v) is 4.05. The van der Waals surface area contributed by atoms with Gasteiger partial charge in [0.1, 0.15) is 26.6 Å². The van der Waals surface area contributed by atoms with Crippen LogP contribution < -0.4 is 17.9 Å². The van der Waals surface area contributed by atoms with E-state index in [4.69, 9.17) is 0 Å². The van der Waals surface area contributed by atoms with E-state index in [-0.39, 0.29) is 12.4 Å². The summed E-state index contributed by atoms with van der Waals surface area (Å²) in [7, 11) is -1.38. The molecule has 0 aromatic heterocycles. The van der Waals surface area contributed by atoms with E-state index in [9.17, 15) is 10.0 Å². The Kier molecular flexibility index (Phi) is 4.00. The second kappa shape index (κ2) is 5.51. The summed E-state index contributed by atoms with van der Waals surface area (Å²) >= 11 is 0. The van der Waals surface area contributed by atoms with Crippen LogP contribution >= 0.6 is 0 Å². The summed E-state index contributed by atoms with van der Waals surface area (Å²) in [6.45, 7) is 7.50. The van der Waals surface area contributed by atoms with Crippen molar-refractivity contribution in [1.82, 2.24) is 14.7 Å². The largest absolute Gasteiger partial charge is 1.00 e. The lowest BCUT2D eigenvalue weighted by Gasteiger charge is -2.60. The molecule has 0 radical (unpaired) electrons. The average Bonchev–Trinajstić information content (AvgIpc) is 2.36. The highest BCUT2D eigenvalue weighted by atomic mass is 35.5. The first-order chi connectivity index (χ1) is 9.62. The summed E-state index contributed by atoms with van der Waals surface area (Å²) in [5.41, 5.74) is 1.76. The van der Waals surface area contributed by atoms with Crippen molar-refractivity contribution in [3.05, 3.63) is 29.8 Å². The summed E-state index contributed by atoms with van der Waals surface area (Å²) in [6.07, 6.45) is 0. The molecule has 4 aliphatic heterocycles. The van der Waals surface area contributed by atoms with Gasteiger partial charge in [-0.1, -0.05) is 24.3 Å². The van der Waals surface area contributed by atoms with Gasteiger partial charge in [-0.2, -0.15) is 0 Å². The first-order valence-electron chi connectivity index (χ1n) is 7.09. The number of benzene rings is 1. The van der Waals surface area contributed by atoms with Crippen molar-refractivity contribution in [2.24, 2.45) is 0 Å². The number of rotatable bonds is 3. The minimum absolute atomic E-state index is 0. The third-order valence-corrected chi connectivity index (χ3v) is 4.47. The first-order valence-corrected chi connectivity index (χ1v) is 7.09. The van der Waals surface area contributed by atoms with Gasteiger partial charge in [0.25, 0.3) is 0 Å². The molecule has 4 aliphatic rings. The number of hydrogen-bond acceptors (Lipinski definition) is 5. The third kappa shape index (κ3) is 2.83. The highest BCUT2D eigenvalue weighted by molar-refractivity contribution is 6.58. The van der Waals surface area contributed by atoms with Crippen LogP contribution in [0, 0.1) is 0 Å². The molecule has 114 valence electrons. The molecule has 0 spiro atoms. The van der Waals surface area contributed by atoms with Crippen LogP contribution in [0.3, 0.4) is 0 Å². The van der Waals surface area contributed by atoms with Crippen molar-refractivity contribution >= 4 is 12.6 Å². The lowest BCUT2D eigenvalue weighted by atomic mass is 9.79. The fourth-order valence-electron chi connectivity index (χ4n) is 4.05. The summed E-state index contributed by atoms with van der Waals surface area (Å²) in [5.74, 6) is 0. The molecule has 21 heavy (non-hydrogen) atoms. The summed E-state index contributed by atoms with van der Waals surface area (Å²) in [5, 5.41) is 18.6. The third-order valence-electron chi connectivity index (χ3n) is 4.47. The second-order valence-corrected chi connectivity index (χ2v) is 6.48. The number of halogens is 1. The zero-order valence-corrected chi connectivity index (χ0v) is 12.7. The van der Waals surface area contributed by atoms with Gasteiger partial charge in [0.15, 0.2) is 0 Å². The van der Waals surface area contributed by atoms with Gasteiger partial charge in [0, 0.05) is 5.56 Å². The van der Waals surface area contributed by atoms with E-state index >= 15 is 0 Å². The maximum absolute atomic E-state index is 9.30. The van der Waals surface area contributed by atoms with Gasteiger partial charge in [0.05, 0.1) is 20.0 Å². The van der Waals surface area contributed by atoms with Crippen molar-refractivity contribution in [2.45, 2.75) is 6.54 Å². The molecule has 0 aliphatic carbocycles. The zero-order valence-electron chi connectivity index (χ0n) is 11.9. The van der Waals surface area contributed by atoms with Crippen LogP contribution in [0.2, 0.25) is 0 Å². The quantitative estimate of drug-likeness (QED) is 0.435. The second-order valence-electron chi connectivity index (χ2n) is 6.48. The van der Waals surface area contributed by atoms with Gasteiger partial charge in [-0.05, 0) is 5.46 Å². The molecule has 4 bridgehead atoms. The maximum atomic E-state index is 9.30. The predicted octanol–water partition coefficient (Wildman–Crippen LogP) is -4.62. The normalized spacial score (nSPS) is 36.4. The summed E-state index contributed by atoms with van der Waals surface area (Å²) in [4.78, 5) is 7.46. The lowest BCUT2D eigenvalue weighted by Crippen LogP contribution is -3.00. The topological polar surface area (TPSA) is 50.2 Å². The van der Waals surface area contributed by atoms with Gasteiger partial charge in [0.2, 0.25) is 0 Å². The van der Waals surface area contributed by atoms with Crippen molar-refractivity contribution in [1.29, 1.82) is 0 Å². The first kappa shape index (κ1) is 15.2. The Bertz CT molecular complexity index is 495. The summed E-state index contributed by atoms with van der Waals surface area (Å²) < 4.78 is 1.03. The zero-order chi connectivity index (χ0) is 13.7. The van der Waals surface area contributed by atoms with Gasteiger partial charge in [-0.15, -0.1) is 0 Å². The van der Waals surface area contributed by atoms with Gasteiger partial charge in [-0.3, -0.25) is 4.48 Å². The Morgan fingerprint density at radius 1 is 1.00 bits per heavy atom. The molecule has 2 N–H and O–H groups in total. The van der Waals surface area contributed by atoms with Crippen LogP contribution in [0.25, 0.3) is 0 Å². The van der Waals surface area contributed by atoms with E-state index in [2.05, 4.69) is 20.8 Å². The van der Waals surface area contributed by atoms with Crippen molar-refractivity contribution in [3.63, 3.8) is 0 Å². The molecule has 8 heteroatoms. The van der Waals surface area contributed by atoms with Gasteiger partial charge >= 0.3 is 7.12 Å². The summed E-state index contributed by atoms with van der Waals surface area (Å²) in [6, 6.07) is 7.68. The smallest absolute Gasteiger partial charge is 0.488 e. The van der Waals surface area contributed by atoms with Crippen LogP contribution in [0.4, 0.5) is 0 Å². The molecule has 5 rings (SSSR count). The highest BCUT2D eigenvalue weighted by Crippen LogP contribution is 2.30. The van der Waals surface area contributed by atoms with E-state index in [0.717, 1.165) is 51.0 Å². The van der Waals surface area contributed by atoms with E-state index in [0.29, 0.717) is 5.46 Å². The molecule has 0 unspecified atom stereocenters. The van der Waals surface area contributed by atoms with E-state index in [1.54, 1.807) is 6.07 Å². The molecular weight excluding hydrogens is 290 g/mol. The molecular formula is C13H20BClN4O2. The molecule has 1 aromatic carbocycles. The van der Waals surface area contributed by atoms with E-state index in [1.807, 2.05) is 12.1 Å². The van der Waals surface area contributed by atoms with Crippen LogP contribution in [0.15, 0.2) is 24.3 Å². The SMILES string of the molecule is OB(O)c1cccc(C[N+]23CN4CN(CN(C4)C2)C3)c1.[Cl-].